The second-order valence-electron chi connectivity index (χ2n) is 3.62. The van der Waals surface area contributed by atoms with Crippen molar-refractivity contribution in [3.8, 4) is 0 Å². The van der Waals surface area contributed by atoms with Crippen molar-refractivity contribution in [3.63, 3.8) is 0 Å². The van der Waals surface area contributed by atoms with Crippen molar-refractivity contribution in [2.45, 2.75) is 29.9 Å². The Kier molecular flexibility index (Phi) is 4.87. The third-order valence-electron chi connectivity index (χ3n) is 2.19. The van der Waals surface area contributed by atoms with Crippen LogP contribution in [0.25, 0.3) is 0 Å². The van der Waals surface area contributed by atoms with Crippen LogP contribution in [-0.2, 0) is 29.4 Å². The van der Waals surface area contributed by atoms with E-state index in [1.54, 1.807) is 0 Å². The fourth-order valence-electron chi connectivity index (χ4n) is 1.35. The first-order valence-corrected chi connectivity index (χ1v) is 7.45. The van der Waals surface area contributed by atoms with Gasteiger partial charge in [0.25, 0.3) is 10.1 Å². The van der Waals surface area contributed by atoms with Crippen molar-refractivity contribution in [2.24, 2.45) is 0 Å². The zero-order valence-electron chi connectivity index (χ0n) is 8.97. The monoisotopic (exact) mass is 323 g/mol. The highest BCUT2D eigenvalue weighted by molar-refractivity contribution is 7.87. The standard InChI is InChI=1S/C6H11O11S2/c7-2-1-16-5(4(9)3(2)8)6(18(10,11)12)17-19(13,14)15/h1-9H,(H,10,11,12)(H,13,14,15)/t2-,3+,4+,5-,6?/m0/s1. The second kappa shape index (κ2) is 5.55. The van der Waals surface area contributed by atoms with Crippen LogP contribution in [0.15, 0.2) is 0 Å². The van der Waals surface area contributed by atoms with E-state index in [9.17, 15) is 27.0 Å². The Labute approximate surface area is 108 Å². The lowest BCUT2D eigenvalue weighted by atomic mass is 10.0. The molecule has 0 aromatic heterocycles. The van der Waals surface area contributed by atoms with E-state index in [2.05, 4.69) is 8.92 Å². The highest BCUT2D eigenvalue weighted by Gasteiger charge is 2.48. The molecule has 0 aromatic rings. The van der Waals surface area contributed by atoms with E-state index < -0.39 is 50.4 Å². The molecule has 1 radical (unpaired) electrons. The smallest absolute Gasteiger partial charge is 0.387 e. The molecule has 13 heteroatoms. The quantitative estimate of drug-likeness (QED) is 0.325. The molecule has 0 amide bonds. The lowest BCUT2D eigenvalue weighted by Crippen LogP contribution is -2.57. The molecule has 19 heavy (non-hydrogen) atoms. The predicted octanol–water partition coefficient (Wildman–Crippen LogP) is -3.34. The zero-order chi connectivity index (χ0) is 15.0. The Hall–Kier alpha value is -0.380. The van der Waals surface area contributed by atoms with Gasteiger partial charge in [-0.2, -0.15) is 16.8 Å². The van der Waals surface area contributed by atoms with E-state index in [0.717, 1.165) is 0 Å². The molecule has 1 rings (SSSR count). The normalized spacial score (nSPS) is 35.0. The molecular formula is C6H11O11S2. The van der Waals surface area contributed by atoms with Crippen LogP contribution >= 0.6 is 0 Å². The predicted molar refractivity (Wildman–Crippen MR) is 55.2 cm³/mol. The molecular weight excluding hydrogens is 312 g/mol. The summed E-state index contributed by atoms with van der Waals surface area (Å²) in [6.07, 6.45) is -7.77. The Balaban J connectivity index is 3.06. The van der Waals surface area contributed by atoms with Gasteiger partial charge < -0.3 is 20.1 Å². The average molecular weight is 323 g/mol. The number of rotatable bonds is 4. The van der Waals surface area contributed by atoms with Crippen LogP contribution in [0.4, 0.5) is 0 Å². The van der Waals surface area contributed by atoms with E-state index in [-0.39, 0.29) is 0 Å². The highest BCUT2D eigenvalue weighted by Crippen LogP contribution is 2.25. The molecule has 1 aliphatic heterocycles. The van der Waals surface area contributed by atoms with Crippen molar-refractivity contribution in [1.29, 1.82) is 0 Å². The van der Waals surface area contributed by atoms with Gasteiger partial charge in [0.2, 0.25) is 5.44 Å². The van der Waals surface area contributed by atoms with Gasteiger partial charge in [-0.25, -0.2) is 4.18 Å². The number of aliphatic hydroxyl groups is 3. The molecule has 11 nitrogen and oxygen atoms in total. The minimum atomic E-state index is -5.30. The summed E-state index contributed by atoms with van der Waals surface area (Å²) in [5, 5.41) is 27.8. The van der Waals surface area contributed by atoms with Crippen LogP contribution in [-0.4, -0.2) is 71.1 Å². The van der Waals surface area contributed by atoms with E-state index in [1.165, 1.54) is 0 Å². The lowest BCUT2D eigenvalue weighted by molar-refractivity contribution is -0.173. The van der Waals surface area contributed by atoms with Crippen LogP contribution in [0.3, 0.4) is 0 Å². The molecule has 0 bridgehead atoms. The summed E-state index contributed by atoms with van der Waals surface area (Å²) in [4.78, 5) is 0. The summed E-state index contributed by atoms with van der Waals surface area (Å²) in [6, 6.07) is 0. The van der Waals surface area contributed by atoms with Crippen molar-refractivity contribution in [1.82, 2.24) is 0 Å². The number of hydrogen-bond acceptors (Lipinski definition) is 9. The Bertz CT molecular complexity index is 509. The summed E-state index contributed by atoms with van der Waals surface area (Å²) >= 11 is 0. The van der Waals surface area contributed by atoms with Gasteiger partial charge in [-0.3, -0.25) is 9.11 Å². The van der Waals surface area contributed by atoms with Gasteiger partial charge >= 0.3 is 10.4 Å². The van der Waals surface area contributed by atoms with Crippen molar-refractivity contribution in [2.75, 3.05) is 0 Å². The number of ether oxygens (including phenoxy) is 1. The number of hydrogen-bond donors (Lipinski definition) is 5. The third-order valence-corrected chi connectivity index (χ3v) is 3.71. The molecule has 1 fully saturated rings. The molecule has 0 aromatic carbocycles. The van der Waals surface area contributed by atoms with Gasteiger partial charge in [0.15, 0.2) is 0 Å². The van der Waals surface area contributed by atoms with Crippen LogP contribution in [0.2, 0.25) is 0 Å². The fraction of sp³-hybridized carbons (Fsp3) is 0.833. The topological polar surface area (TPSA) is 188 Å². The maximum Gasteiger partial charge on any atom is 0.398 e. The van der Waals surface area contributed by atoms with Crippen LogP contribution in [0.5, 0.6) is 0 Å². The minimum absolute atomic E-state index is 0.508. The fourth-order valence-corrected chi connectivity index (χ4v) is 2.96. The first-order valence-electron chi connectivity index (χ1n) is 4.58. The molecule has 0 saturated carbocycles. The van der Waals surface area contributed by atoms with E-state index in [0.29, 0.717) is 6.61 Å². The van der Waals surface area contributed by atoms with Gasteiger partial charge in [-0.05, 0) is 0 Å². The number of aliphatic hydroxyl groups excluding tert-OH is 3. The highest BCUT2D eigenvalue weighted by atomic mass is 32.3. The maximum absolute atomic E-state index is 10.9. The largest absolute Gasteiger partial charge is 0.398 e. The molecule has 1 aliphatic rings. The molecule has 0 aliphatic carbocycles. The molecule has 5 atom stereocenters. The Morgan fingerprint density at radius 1 is 1.05 bits per heavy atom. The maximum atomic E-state index is 10.9. The Morgan fingerprint density at radius 3 is 2.00 bits per heavy atom. The summed E-state index contributed by atoms with van der Waals surface area (Å²) in [5.74, 6) is 0. The molecule has 1 saturated heterocycles. The van der Waals surface area contributed by atoms with Crippen LogP contribution in [0, 0.1) is 6.61 Å². The molecule has 0 spiro atoms. The molecule has 5 N–H and O–H groups in total. The van der Waals surface area contributed by atoms with E-state index >= 15 is 0 Å². The second-order valence-corrected chi connectivity index (χ2v) is 6.16. The summed E-state index contributed by atoms with van der Waals surface area (Å²) in [7, 11) is -10.5. The van der Waals surface area contributed by atoms with Crippen LogP contribution in [0.1, 0.15) is 0 Å². The van der Waals surface area contributed by atoms with Gasteiger partial charge in [-0.15, -0.1) is 0 Å². The third kappa shape index (κ3) is 4.30. The summed E-state index contributed by atoms with van der Waals surface area (Å²) in [6.45, 7) is 0.508. The summed E-state index contributed by atoms with van der Waals surface area (Å²) in [5.41, 5.74) is -2.73. The SMILES string of the molecule is O=S(=O)(O)OC([C@H]1O[CH][C@H](O)[C@@H](O)[C@H]1O)S(=O)(=O)O. The van der Waals surface area contributed by atoms with Gasteiger partial charge in [0.05, 0.1) is 0 Å². The molecule has 113 valence electrons. The van der Waals surface area contributed by atoms with Crippen molar-refractivity contribution in [3.05, 3.63) is 6.61 Å². The first-order chi connectivity index (χ1) is 8.43. The Morgan fingerprint density at radius 2 is 1.58 bits per heavy atom. The summed E-state index contributed by atoms with van der Waals surface area (Å²) < 4.78 is 68.2. The average Bonchev–Trinajstić information content (AvgIpc) is 2.21. The molecule has 1 unspecified atom stereocenters. The van der Waals surface area contributed by atoms with Crippen molar-refractivity contribution >= 4 is 20.5 Å². The lowest BCUT2D eigenvalue weighted by Gasteiger charge is -2.36. The zero-order valence-corrected chi connectivity index (χ0v) is 10.6. The minimum Gasteiger partial charge on any atom is -0.387 e. The molecule has 1 heterocycles. The van der Waals surface area contributed by atoms with Gasteiger partial charge in [0, 0.05) is 0 Å². The van der Waals surface area contributed by atoms with E-state index in [1.807, 2.05) is 0 Å². The van der Waals surface area contributed by atoms with E-state index in [4.69, 9.17) is 14.2 Å². The van der Waals surface area contributed by atoms with Crippen LogP contribution < -0.4 is 0 Å². The van der Waals surface area contributed by atoms with Gasteiger partial charge in [-0.1, -0.05) is 0 Å². The van der Waals surface area contributed by atoms with Gasteiger partial charge in [0.1, 0.15) is 31.0 Å². The van der Waals surface area contributed by atoms with Crippen molar-refractivity contribution < 1.29 is 50.2 Å². The first kappa shape index (κ1) is 16.7.